The van der Waals surface area contributed by atoms with Crippen LogP contribution < -0.4 is 4.74 Å². The molecule has 0 saturated carbocycles. The summed E-state index contributed by atoms with van der Waals surface area (Å²) in [6.45, 7) is 3.84. The first-order chi connectivity index (χ1) is 10.1. The summed E-state index contributed by atoms with van der Waals surface area (Å²) < 4.78 is 5.38. The number of carbonyl (C=O) groups excluding carboxylic acids is 1. The van der Waals surface area contributed by atoms with E-state index in [1.807, 2.05) is 56.3 Å². The highest BCUT2D eigenvalue weighted by Crippen LogP contribution is 2.20. The fraction of sp³-hybridized carbons (Fsp3) is 0.111. The zero-order valence-electron chi connectivity index (χ0n) is 12.0. The molecule has 3 rings (SSSR count). The number of esters is 1. The number of aryl methyl sites for hydroxylation is 2. The maximum Gasteiger partial charge on any atom is 0.345 e. The van der Waals surface area contributed by atoms with E-state index >= 15 is 0 Å². The Morgan fingerprint density at radius 2 is 1.76 bits per heavy atom. The number of benzene rings is 2. The summed E-state index contributed by atoms with van der Waals surface area (Å²) in [5.74, 6) is 0.154. The van der Waals surface area contributed by atoms with Crippen LogP contribution in [0.5, 0.6) is 5.75 Å². The average molecular weight is 277 g/mol. The topological polar surface area (TPSA) is 39.2 Å². The Hall–Kier alpha value is -2.68. The molecular weight excluding hydrogens is 262 g/mol. The van der Waals surface area contributed by atoms with Crippen LogP contribution >= 0.6 is 0 Å². The van der Waals surface area contributed by atoms with Crippen LogP contribution in [-0.2, 0) is 0 Å². The molecule has 3 aromatic rings. The van der Waals surface area contributed by atoms with Crippen molar-refractivity contribution in [3.05, 3.63) is 71.4 Å². The number of aromatic nitrogens is 1. The number of nitrogens with zero attached hydrogens (tertiary/aromatic N) is 1. The predicted octanol–water partition coefficient (Wildman–Crippen LogP) is 4.07. The molecule has 0 atom stereocenters. The second kappa shape index (κ2) is 5.37. The van der Waals surface area contributed by atoms with Crippen LogP contribution in [0, 0.1) is 13.8 Å². The summed E-state index contributed by atoms with van der Waals surface area (Å²) >= 11 is 0. The Morgan fingerprint density at radius 1 is 1.00 bits per heavy atom. The Balaban J connectivity index is 1.99. The van der Waals surface area contributed by atoms with Crippen molar-refractivity contribution in [2.45, 2.75) is 13.8 Å². The van der Waals surface area contributed by atoms with E-state index in [4.69, 9.17) is 4.74 Å². The summed E-state index contributed by atoms with van der Waals surface area (Å²) in [6, 6.07) is 16.9. The van der Waals surface area contributed by atoms with E-state index in [9.17, 15) is 4.79 Å². The predicted molar refractivity (Wildman–Crippen MR) is 82.6 cm³/mol. The second-order valence-electron chi connectivity index (χ2n) is 5.02. The van der Waals surface area contributed by atoms with Gasteiger partial charge in [-0.15, -0.1) is 0 Å². The van der Waals surface area contributed by atoms with Gasteiger partial charge >= 0.3 is 5.97 Å². The SMILES string of the molecule is Cc1ccc2nc(C)c(C(=O)Oc3ccccc3)cc2c1. The Bertz CT molecular complexity index is 810. The molecule has 0 aliphatic carbocycles. The van der Waals surface area contributed by atoms with Gasteiger partial charge in [0.15, 0.2) is 0 Å². The fourth-order valence-corrected chi connectivity index (χ4v) is 2.25. The van der Waals surface area contributed by atoms with E-state index in [1.165, 1.54) is 0 Å². The van der Waals surface area contributed by atoms with Gasteiger partial charge in [-0.25, -0.2) is 4.79 Å². The van der Waals surface area contributed by atoms with Gasteiger partial charge in [0, 0.05) is 5.39 Å². The number of hydrogen-bond donors (Lipinski definition) is 0. The maximum absolute atomic E-state index is 12.3. The van der Waals surface area contributed by atoms with Crippen molar-refractivity contribution in [2.75, 3.05) is 0 Å². The molecule has 0 amide bonds. The van der Waals surface area contributed by atoms with Crippen molar-refractivity contribution >= 4 is 16.9 Å². The molecule has 0 fully saturated rings. The van der Waals surface area contributed by atoms with E-state index < -0.39 is 0 Å². The number of carbonyl (C=O) groups is 1. The summed E-state index contributed by atoms with van der Waals surface area (Å²) in [7, 11) is 0. The molecule has 0 bridgehead atoms. The lowest BCUT2D eigenvalue weighted by Crippen LogP contribution is -2.11. The smallest absolute Gasteiger partial charge is 0.345 e. The largest absolute Gasteiger partial charge is 0.423 e. The van der Waals surface area contributed by atoms with Crippen LogP contribution in [0.25, 0.3) is 10.9 Å². The monoisotopic (exact) mass is 277 g/mol. The molecule has 104 valence electrons. The Morgan fingerprint density at radius 3 is 2.52 bits per heavy atom. The molecule has 1 aromatic heterocycles. The van der Waals surface area contributed by atoms with Crippen molar-refractivity contribution in [1.82, 2.24) is 4.98 Å². The minimum absolute atomic E-state index is 0.380. The second-order valence-corrected chi connectivity index (χ2v) is 5.02. The molecule has 0 saturated heterocycles. The van der Waals surface area contributed by atoms with E-state index in [0.717, 1.165) is 16.5 Å². The van der Waals surface area contributed by atoms with E-state index in [-0.39, 0.29) is 5.97 Å². The van der Waals surface area contributed by atoms with Gasteiger partial charge in [0.05, 0.1) is 16.8 Å². The van der Waals surface area contributed by atoms with Gasteiger partial charge < -0.3 is 4.74 Å². The van der Waals surface area contributed by atoms with Gasteiger partial charge in [0.25, 0.3) is 0 Å². The van der Waals surface area contributed by atoms with Crippen LogP contribution in [0.2, 0.25) is 0 Å². The van der Waals surface area contributed by atoms with Gasteiger partial charge in [0.1, 0.15) is 5.75 Å². The molecule has 0 aliphatic rings. The Labute approximate surface area is 123 Å². The lowest BCUT2D eigenvalue weighted by Gasteiger charge is -2.08. The molecule has 1 heterocycles. The van der Waals surface area contributed by atoms with E-state index in [0.29, 0.717) is 17.0 Å². The number of rotatable bonds is 2. The molecular formula is C18H15NO2. The highest BCUT2D eigenvalue weighted by Gasteiger charge is 2.14. The fourth-order valence-electron chi connectivity index (χ4n) is 2.25. The van der Waals surface area contributed by atoms with Gasteiger partial charge in [0.2, 0.25) is 0 Å². The zero-order valence-corrected chi connectivity index (χ0v) is 12.0. The summed E-state index contributed by atoms with van der Waals surface area (Å²) in [4.78, 5) is 16.8. The molecule has 2 aromatic carbocycles. The molecule has 3 heteroatoms. The van der Waals surface area contributed by atoms with Gasteiger partial charge in [-0.3, -0.25) is 4.98 Å². The molecule has 0 aliphatic heterocycles. The number of para-hydroxylation sites is 1. The van der Waals surface area contributed by atoms with Crippen LogP contribution in [0.1, 0.15) is 21.6 Å². The molecule has 0 N–H and O–H groups in total. The normalized spacial score (nSPS) is 10.6. The van der Waals surface area contributed by atoms with Crippen LogP contribution in [-0.4, -0.2) is 11.0 Å². The molecule has 3 nitrogen and oxygen atoms in total. The number of fused-ring (bicyclic) bond motifs is 1. The quantitative estimate of drug-likeness (QED) is 0.523. The van der Waals surface area contributed by atoms with Gasteiger partial charge in [-0.05, 0) is 44.2 Å². The zero-order chi connectivity index (χ0) is 14.8. The highest BCUT2D eigenvalue weighted by atomic mass is 16.5. The molecule has 0 radical (unpaired) electrons. The summed E-state index contributed by atoms with van der Waals surface area (Å²) in [5.41, 5.74) is 3.19. The van der Waals surface area contributed by atoms with Crippen molar-refractivity contribution in [3.63, 3.8) is 0 Å². The summed E-state index contributed by atoms with van der Waals surface area (Å²) in [6.07, 6.45) is 0. The molecule has 21 heavy (non-hydrogen) atoms. The van der Waals surface area contributed by atoms with Crippen molar-refractivity contribution < 1.29 is 9.53 Å². The third kappa shape index (κ3) is 2.77. The highest BCUT2D eigenvalue weighted by molar-refractivity contribution is 5.96. The van der Waals surface area contributed by atoms with Gasteiger partial charge in [-0.2, -0.15) is 0 Å². The Kier molecular flexibility index (Phi) is 3.40. The molecule has 0 spiro atoms. The molecule has 0 unspecified atom stereocenters. The lowest BCUT2D eigenvalue weighted by molar-refractivity contribution is 0.0733. The van der Waals surface area contributed by atoms with Crippen molar-refractivity contribution in [2.24, 2.45) is 0 Å². The van der Waals surface area contributed by atoms with E-state index in [1.54, 1.807) is 12.1 Å². The minimum atomic E-state index is -0.380. The van der Waals surface area contributed by atoms with Crippen molar-refractivity contribution in [1.29, 1.82) is 0 Å². The van der Waals surface area contributed by atoms with Crippen LogP contribution in [0.3, 0.4) is 0 Å². The standard InChI is InChI=1S/C18H15NO2/c1-12-8-9-17-14(10-12)11-16(13(2)19-17)18(20)21-15-6-4-3-5-7-15/h3-11H,1-2H3. The number of pyridine rings is 1. The first-order valence-corrected chi connectivity index (χ1v) is 6.79. The van der Waals surface area contributed by atoms with Crippen LogP contribution in [0.4, 0.5) is 0 Å². The maximum atomic E-state index is 12.3. The van der Waals surface area contributed by atoms with Crippen LogP contribution in [0.15, 0.2) is 54.6 Å². The first-order valence-electron chi connectivity index (χ1n) is 6.79. The third-order valence-corrected chi connectivity index (χ3v) is 3.33. The summed E-state index contributed by atoms with van der Waals surface area (Å²) in [5, 5.41) is 0.945. The number of ether oxygens (including phenoxy) is 1. The first kappa shape index (κ1) is 13.3. The van der Waals surface area contributed by atoms with Gasteiger partial charge in [-0.1, -0.05) is 29.8 Å². The lowest BCUT2D eigenvalue weighted by atomic mass is 10.1. The average Bonchev–Trinajstić information content (AvgIpc) is 2.48. The minimum Gasteiger partial charge on any atom is -0.423 e. The van der Waals surface area contributed by atoms with E-state index in [2.05, 4.69) is 4.98 Å². The third-order valence-electron chi connectivity index (χ3n) is 3.33. The number of hydrogen-bond acceptors (Lipinski definition) is 3. The van der Waals surface area contributed by atoms with Crippen molar-refractivity contribution in [3.8, 4) is 5.75 Å².